The normalized spacial score (nSPS) is 42.6. The highest BCUT2D eigenvalue weighted by atomic mass is 16.5. The molecule has 3 heterocycles. The molecule has 3 rings (SSSR count). The first-order valence-electron chi connectivity index (χ1n) is 3.68. The third kappa shape index (κ3) is 0.845. The Bertz CT molecular complexity index is 126. The zero-order valence-corrected chi connectivity index (χ0v) is 5.77. The monoisotopic (exact) mass is 144 g/mol. The Hall–Kier alpha value is -0.160. The first kappa shape index (κ1) is 6.54. The lowest BCUT2D eigenvalue weighted by molar-refractivity contribution is -0.260. The van der Waals surface area contributed by atoms with Gasteiger partial charge in [-0.15, -0.1) is 0 Å². The van der Waals surface area contributed by atoms with Gasteiger partial charge in [0.1, 0.15) is 0 Å². The number of hydrogen-bond donors (Lipinski definition) is 2. The van der Waals surface area contributed by atoms with Crippen LogP contribution in [0.5, 0.6) is 0 Å². The van der Waals surface area contributed by atoms with Crippen molar-refractivity contribution < 1.29 is 10.4 Å². The maximum Gasteiger partial charge on any atom is 0.0502 e. The van der Waals surface area contributed by atoms with Gasteiger partial charge in [-0.05, 0) is 12.8 Å². The molecular weight excluding hydrogens is 132 g/mol. The van der Waals surface area contributed by atoms with Gasteiger partial charge in [-0.2, -0.15) is 10.1 Å². The highest BCUT2D eigenvalue weighted by molar-refractivity contribution is 4.88. The molecule has 3 saturated heterocycles. The van der Waals surface area contributed by atoms with Gasteiger partial charge in [-0.1, -0.05) is 0 Å². The third-order valence-electron chi connectivity index (χ3n) is 2.47. The largest absolute Gasteiger partial charge is 0.314 e. The fraction of sp³-hybridized carbons (Fsp3) is 1.00. The maximum absolute atomic E-state index is 9.21. The van der Waals surface area contributed by atoms with Crippen LogP contribution < -0.4 is 0 Å². The van der Waals surface area contributed by atoms with E-state index in [0.29, 0.717) is 13.1 Å². The molecule has 0 aromatic carbocycles. The minimum atomic E-state index is 0.162. The summed E-state index contributed by atoms with van der Waals surface area (Å²) in [7, 11) is 0. The van der Waals surface area contributed by atoms with E-state index in [0.717, 1.165) is 12.8 Å². The summed E-state index contributed by atoms with van der Waals surface area (Å²) in [4.78, 5) is 0. The van der Waals surface area contributed by atoms with Crippen molar-refractivity contribution in [3.8, 4) is 0 Å². The second kappa shape index (κ2) is 2.17. The van der Waals surface area contributed by atoms with Gasteiger partial charge in [0.2, 0.25) is 0 Å². The van der Waals surface area contributed by atoms with E-state index in [-0.39, 0.29) is 12.1 Å². The molecule has 10 heavy (non-hydrogen) atoms. The van der Waals surface area contributed by atoms with Crippen molar-refractivity contribution in [2.45, 2.75) is 24.9 Å². The molecule has 2 unspecified atom stereocenters. The fourth-order valence-electron chi connectivity index (χ4n) is 1.78. The molecule has 0 aromatic heterocycles. The van der Waals surface area contributed by atoms with Crippen molar-refractivity contribution in [1.82, 2.24) is 10.1 Å². The van der Waals surface area contributed by atoms with Crippen LogP contribution in [-0.2, 0) is 0 Å². The number of fused-ring (bicyclic) bond motifs is 3. The Balaban J connectivity index is 2.09. The average molecular weight is 144 g/mol. The Morgan fingerprint density at radius 2 is 1.30 bits per heavy atom. The number of rotatable bonds is 0. The lowest BCUT2D eigenvalue weighted by Gasteiger charge is -2.45. The van der Waals surface area contributed by atoms with E-state index in [1.807, 2.05) is 0 Å². The van der Waals surface area contributed by atoms with Crippen LogP contribution in [0.1, 0.15) is 12.8 Å². The third-order valence-corrected chi connectivity index (χ3v) is 2.47. The molecule has 4 heteroatoms. The van der Waals surface area contributed by atoms with E-state index >= 15 is 0 Å². The van der Waals surface area contributed by atoms with Gasteiger partial charge in [0.05, 0.1) is 12.1 Å². The number of nitrogens with zero attached hydrogens (tertiary/aromatic N) is 2. The molecule has 0 radical (unpaired) electrons. The molecule has 0 amide bonds. The van der Waals surface area contributed by atoms with Gasteiger partial charge in [0.15, 0.2) is 0 Å². The van der Waals surface area contributed by atoms with Crippen LogP contribution in [0.2, 0.25) is 0 Å². The van der Waals surface area contributed by atoms with Crippen LogP contribution in [0.15, 0.2) is 0 Å². The summed E-state index contributed by atoms with van der Waals surface area (Å²) in [5, 5.41) is 21.1. The molecular formula is C6H12N2O2. The lowest BCUT2D eigenvalue weighted by atomic mass is 9.95. The van der Waals surface area contributed by atoms with Crippen molar-refractivity contribution in [1.29, 1.82) is 0 Å². The molecule has 3 fully saturated rings. The summed E-state index contributed by atoms with van der Waals surface area (Å²) >= 11 is 0. The van der Waals surface area contributed by atoms with Crippen LogP contribution in [0.4, 0.5) is 0 Å². The standard InChI is InChI=1S/C6H12N2O2/c9-7-4-6-2-1-5(7)3-8(6)10/h5-6,9-10H,1-4H2. The number of piperazine rings is 1. The fourth-order valence-corrected chi connectivity index (χ4v) is 1.78. The summed E-state index contributed by atoms with van der Waals surface area (Å²) < 4.78 is 0. The first-order chi connectivity index (χ1) is 4.77. The van der Waals surface area contributed by atoms with Crippen molar-refractivity contribution in [2.75, 3.05) is 13.1 Å². The number of hydrogen-bond acceptors (Lipinski definition) is 4. The molecule has 0 aliphatic carbocycles. The Morgan fingerprint density at radius 3 is 1.50 bits per heavy atom. The highest BCUT2D eigenvalue weighted by Crippen LogP contribution is 2.25. The maximum atomic E-state index is 9.21. The van der Waals surface area contributed by atoms with Gasteiger partial charge in [0, 0.05) is 13.1 Å². The van der Waals surface area contributed by atoms with E-state index in [4.69, 9.17) is 0 Å². The Labute approximate surface area is 59.6 Å². The Morgan fingerprint density at radius 1 is 0.900 bits per heavy atom. The van der Waals surface area contributed by atoms with Crippen LogP contribution in [0.25, 0.3) is 0 Å². The van der Waals surface area contributed by atoms with Crippen LogP contribution in [0, 0.1) is 0 Å². The molecule has 0 spiro atoms. The van der Waals surface area contributed by atoms with Crippen LogP contribution in [-0.4, -0.2) is 45.7 Å². The molecule has 0 aromatic rings. The van der Waals surface area contributed by atoms with Gasteiger partial charge >= 0.3 is 0 Å². The van der Waals surface area contributed by atoms with E-state index in [1.54, 1.807) is 0 Å². The van der Waals surface area contributed by atoms with Gasteiger partial charge in [0.25, 0.3) is 0 Å². The summed E-state index contributed by atoms with van der Waals surface area (Å²) in [6.45, 7) is 1.20. The number of hydroxylamine groups is 4. The van der Waals surface area contributed by atoms with E-state index in [1.165, 1.54) is 10.1 Å². The Kier molecular flexibility index (Phi) is 1.42. The van der Waals surface area contributed by atoms with E-state index in [9.17, 15) is 10.4 Å². The molecule has 2 N–H and O–H groups in total. The van der Waals surface area contributed by atoms with Crippen molar-refractivity contribution in [3.63, 3.8) is 0 Å². The molecule has 2 atom stereocenters. The predicted octanol–water partition coefficient (Wildman–Crippen LogP) is -0.0866. The summed E-state index contributed by atoms with van der Waals surface area (Å²) in [5.41, 5.74) is 0. The van der Waals surface area contributed by atoms with Gasteiger partial charge in [-0.3, -0.25) is 0 Å². The van der Waals surface area contributed by atoms with E-state index in [2.05, 4.69) is 0 Å². The topological polar surface area (TPSA) is 46.9 Å². The smallest absolute Gasteiger partial charge is 0.0502 e. The van der Waals surface area contributed by atoms with Crippen molar-refractivity contribution in [3.05, 3.63) is 0 Å². The minimum absolute atomic E-state index is 0.162. The quantitative estimate of drug-likeness (QED) is 0.499. The highest BCUT2D eigenvalue weighted by Gasteiger charge is 2.37. The molecule has 0 saturated carbocycles. The summed E-state index contributed by atoms with van der Waals surface area (Å²) in [6, 6.07) is 0.324. The molecule has 2 bridgehead atoms. The first-order valence-corrected chi connectivity index (χ1v) is 3.68. The van der Waals surface area contributed by atoms with E-state index < -0.39 is 0 Å². The zero-order chi connectivity index (χ0) is 7.14. The van der Waals surface area contributed by atoms with Crippen LogP contribution in [0.3, 0.4) is 0 Å². The van der Waals surface area contributed by atoms with Gasteiger partial charge in [-0.25, -0.2) is 0 Å². The average Bonchev–Trinajstić information content (AvgIpc) is 1.91. The van der Waals surface area contributed by atoms with Crippen molar-refractivity contribution in [2.24, 2.45) is 0 Å². The lowest BCUT2D eigenvalue weighted by Crippen LogP contribution is -2.60. The second-order valence-corrected chi connectivity index (χ2v) is 3.13. The number of piperidine rings is 2. The van der Waals surface area contributed by atoms with Crippen LogP contribution >= 0.6 is 0 Å². The molecule has 3 aliphatic heterocycles. The molecule has 4 nitrogen and oxygen atoms in total. The SMILES string of the molecule is ON1CC2CCC1CN2O. The predicted molar refractivity (Wildman–Crippen MR) is 33.8 cm³/mol. The molecule has 58 valence electrons. The zero-order valence-electron chi connectivity index (χ0n) is 5.77. The van der Waals surface area contributed by atoms with Gasteiger partial charge < -0.3 is 10.4 Å². The second-order valence-electron chi connectivity index (χ2n) is 3.13. The minimum Gasteiger partial charge on any atom is -0.314 e. The summed E-state index contributed by atoms with van der Waals surface area (Å²) in [6.07, 6.45) is 2.02. The summed E-state index contributed by atoms with van der Waals surface area (Å²) in [5.74, 6) is 0. The van der Waals surface area contributed by atoms with Crippen molar-refractivity contribution >= 4 is 0 Å². The molecule has 3 aliphatic rings.